The van der Waals surface area contributed by atoms with E-state index in [1.807, 2.05) is 0 Å². The lowest BCUT2D eigenvalue weighted by Crippen LogP contribution is -2.11. The first-order chi connectivity index (χ1) is 5.16. The molecule has 0 radical (unpaired) electrons. The molecule has 0 aromatic rings. The molecule has 0 heterocycles. The minimum Gasteiger partial charge on any atom is -0.272 e. The Morgan fingerprint density at radius 3 is 1.00 bits per heavy atom. The van der Waals surface area contributed by atoms with Gasteiger partial charge in [0.05, 0.1) is 0 Å². The Balaban J connectivity index is 0. The van der Waals surface area contributed by atoms with Crippen LogP contribution in [0.5, 0.6) is 0 Å². The normalized spacial score (nSPS) is 10.8. The number of hydrogen-bond acceptors (Lipinski definition) is 4. The van der Waals surface area contributed by atoms with E-state index >= 15 is 0 Å². The van der Waals surface area contributed by atoms with Gasteiger partial charge < -0.3 is 0 Å². The fourth-order valence-corrected chi connectivity index (χ4v) is 0. The van der Waals surface area contributed by atoms with E-state index < -0.39 is 18.3 Å². The number of allylic oxidation sites excluding steroid dienone is 2. The molecule has 0 bridgehead atoms. The number of rotatable bonds is 2. The smallest absolute Gasteiger partial charge is 0.272 e. The molecule has 0 unspecified atom stereocenters. The maximum absolute atomic E-state index is 9.37. The molecule has 0 atom stereocenters. The van der Waals surface area contributed by atoms with Crippen LogP contribution in [0.2, 0.25) is 0 Å². The van der Waals surface area contributed by atoms with Crippen LogP contribution >= 0.6 is 0 Å². The second-order valence-electron chi connectivity index (χ2n) is 1.33. The Morgan fingerprint density at radius 2 is 1.00 bits per heavy atom. The van der Waals surface area contributed by atoms with Gasteiger partial charge in [-0.15, -0.1) is 0 Å². The minimum absolute atomic E-state index is 1.64. The molecule has 0 aromatic carbocycles. The fourth-order valence-electron chi connectivity index (χ4n) is 0. The molecule has 0 saturated carbocycles. The molecule has 0 aliphatic heterocycles. The quantitative estimate of drug-likeness (QED) is 0.383. The minimum atomic E-state index is -5.31. The second kappa shape index (κ2) is 5.04. The molecular formula is C4H8O6S2. The third-order valence-corrected chi connectivity index (χ3v) is 2.56. The maximum Gasteiger partial charge on any atom is 0.397 e. The van der Waals surface area contributed by atoms with Crippen LogP contribution < -0.4 is 0 Å². The van der Waals surface area contributed by atoms with Gasteiger partial charge in [-0.05, 0) is 0 Å². The molecule has 0 saturated heterocycles. The van der Waals surface area contributed by atoms with Gasteiger partial charge in [-0.3, -0.25) is 9.11 Å². The zero-order valence-electron chi connectivity index (χ0n) is 5.91. The molecule has 0 spiro atoms. The van der Waals surface area contributed by atoms with Gasteiger partial charge in [0.2, 0.25) is 0 Å². The molecule has 0 fully saturated rings. The molecule has 6 nitrogen and oxygen atoms in total. The molecule has 0 aliphatic carbocycles. The van der Waals surface area contributed by atoms with Crippen molar-refractivity contribution in [3.8, 4) is 0 Å². The first-order valence-corrected chi connectivity index (χ1v) is 5.75. The summed E-state index contributed by atoms with van der Waals surface area (Å²) < 4.78 is 52.5. The Morgan fingerprint density at radius 1 is 0.833 bits per heavy atom. The summed E-state index contributed by atoms with van der Waals surface area (Å²) in [5, 5.41) is 0. The van der Waals surface area contributed by atoms with Crippen LogP contribution in [0.3, 0.4) is 0 Å². The monoisotopic (exact) mass is 216 g/mol. The summed E-state index contributed by atoms with van der Waals surface area (Å²) in [5.41, 5.74) is 0. The lowest BCUT2D eigenvalue weighted by Gasteiger charge is -1.84. The van der Waals surface area contributed by atoms with Crippen LogP contribution in [0.25, 0.3) is 0 Å². The highest BCUT2D eigenvalue weighted by atomic mass is 33.2. The SMILES string of the molecule is C=CC=C.O=S(=O)(O)S(=O)(=O)O. The lowest BCUT2D eigenvalue weighted by atomic mass is 10.6. The van der Waals surface area contributed by atoms with Gasteiger partial charge in [-0.2, -0.15) is 16.8 Å². The van der Waals surface area contributed by atoms with Crippen LogP contribution in [-0.4, -0.2) is 25.9 Å². The van der Waals surface area contributed by atoms with Crippen LogP contribution in [0.15, 0.2) is 25.3 Å². The summed E-state index contributed by atoms with van der Waals surface area (Å²) in [7, 11) is -10.6. The van der Waals surface area contributed by atoms with E-state index in [1.165, 1.54) is 0 Å². The van der Waals surface area contributed by atoms with E-state index in [-0.39, 0.29) is 0 Å². The topological polar surface area (TPSA) is 109 Å². The van der Waals surface area contributed by atoms with E-state index in [0.29, 0.717) is 0 Å². The van der Waals surface area contributed by atoms with Crippen LogP contribution in [0, 0.1) is 0 Å². The summed E-state index contributed by atoms with van der Waals surface area (Å²) in [4.78, 5) is 0. The standard InChI is InChI=1S/C4H6.H2O6S2/c1-3-4-2;1-7(2,3)8(4,5)6/h3-4H,1-2H2;(H,1,2,3)(H,4,5,6). The molecular weight excluding hydrogens is 208 g/mol. The van der Waals surface area contributed by atoms with Crippen molar-refractivity contribution >= 4 is 18.3 Å². The van der Waals surface area contributed by atoms with Crippen molar-refractivity contribution in [1.82, 2.24) is 0 Å². The Hall–Kier alpha value is -0.700. The van der Waals surface area contributed by atoms with Gasteiger partial charge in [0, 0.05) is 0 Å². The van der Waals surface area contributed by atoms with Gasteiger partial charge in [0.25, 0.3) is 0 Å². The summed E-state index contributed by atoms with van der Waals surface area (Å²) in [5.74, 6) is 0. The summed E-state index contributed by atoms with van der Waals surface area (Å²) in [6.45, 7) is 6.72. The predicted octanol–water partition coefficient (Wildman–Crippen LogP) is 0.0354. The lowest BCUT2D eigenvalue weighted by molar-refractivity contribution is 0.460. The highest BCUT2D eigenvalue weighted by Gasteiger charge is 2.22. The van der Waals surface area contributed by atoms with E-state index in [0.717, 1.165) is 0 Å². The third-order valence-electron chi connectivity index (χ3n) is 0.433. The van der Waals surface area contributed by atoms with Gasteiger partial charge in [-0.25, -0.2) is 0 Å². The Bertz CT molecular complexity index is 298. The highest BCUT2D eigenvalue weighted by molar-refractivity contribution is 8.62. The zero-order chi connectivity index (χ0) is 10.4. The van der Waals surface area contributed by atoms with Gasteiger partial charge in [0.1, 0.15) is 0 Å². The second-order valence-corrected chi connectivity index (χ2v) is 5.57. The molecule has 0 aliphatic rings. The third kappa shape index (κ3) is 7.41. The highest BCUT2D eigenvalue weighted by Crippen LogP contribution is 1.90. The molecule has 0 aromatic heterocycles. The van der Waals surface area contributed by atoms with Gasteiger partial charge >= 0.3 is 18.3 Å². The molecule has 12 heavy (non-hydrogen) atoms. The summed E-state index contributed by atoms with van der Waals surface area (Å²) in [6.07, 6.45) is 3.28. The van der Waals surface area contributed by atoms with Gasteiger partial charge in [-0.1, -0.05) is 25.3 Å². The first kappa shape index (κ1) is 13.9. The van der Waals surface area contributed by atoms with Crippen molar-refractivity contribution in [2.45, 2.75) is 0 Å². The van der Waals surface area contributed by atoms with E-state index in [4.69, 9.17) is 9.11 Å². The van der Waals surface area contributed by atoms with Crippen molar-refractivity contribution in [3.63, 3.8) is 0 Å². The van der Waals surface area contributed by atoms with Crippen LogP contribution in [-0.2, 0) is 18.3 Å². The zero-order valence-corrected chi connectivity index (χ0v) is 7.55. The summed E-state index contributed by atoms with van der Waals surface area (Å²) >= 11 is 0. The van der Waals surface area contributed by atoms with Crippen molar-refractivity contribution < 1.29 is 25.9 Å². The molecule has 0 amide bonds. The molecule has 8 heteroatoms. The van der Waals surface area contributed by atoms with Crippen molar-refractivity contribution in [2.75, 3.05) is 0 Å². The van der Waals surface area contributed by atoms with E-state index in [1.54, 1.807) is 12.2 Å². The molecule has 0 rings (SSSR count). The predicted molar refractivity (Wildman–Crippen MR) is 43.5 cm³/mol. The van der Waals surface area contributed by atoms with Gasteiger partial charge in [0.15, 0.2) is 0 Å². The maximum atomic E-state index is 9.37. The van der Waals surface area contributed by atoms with E-state index in [2.05, 4.69) is 13.2 Å². The van der Waals surface area contributed by atoms with Crippen LogP contribution in [0.1, 0.15) is 0 Å². The fraction of sp³-hybridized carbons (Fsp3) is 0. The van der Waals surface area contributed by atoms with Crippen LogP contribution in [0.4, 0.5) is 0 Å². The Labute approximate surface area is 70.1 Å². The molecule has 72 valence electrons. The summed E-state index contributed by atoms with van der Waals surface area (Å²) in [6, 6.07) is 0. The molecule has 2 N–H and O–H groups in total. The van der Waals surface area contributed by atoms with E-state index in [9.17, 15) is 16.8 Å². The average molecular weight is 216 g/mol. The van der Waals surface area contributed by atoms with Crippen molar-refractivity contribution in [1.29, 1.82) is 0 Å². The average Bonchev–Trinajstić information content (AvgIpc) is 1.84. The Kier molecular flexibility index (Phi) is 5.82. The largest absolute Gasteiger partial charge is 0.397 e. The van der Waals surface area contributed by atoms with Crippen molar-refractivity contribution in [2.24, 2.45) is 0 Å². The first-order valence-electron chi connectivity index (χ1n) is 2.35. The van der Waals surface area contributed by atoms with Crippen molar-refractivity contribution in [3.05, 3.63) is 25.3 Å². The number of hydrogen-bond donors (Lipinski definition) is 2.